The monoisotopic (exact) mass is 259 g/mol. The zero-order valence-corrected chi connectivity index (χ0v) is 10.2. The van der Waals surface area contributed by atoms with Crippen LogP contribution in [0.15, 0.2) is 0 Å². The molecule has 1 rings (SSSR count). The van der Waals surface area contributed by atoms with E-state index in [4.69, 9.17) is 15.6 Å². The Bertz CT molecular complexity index is 346. The fourth-order valence-electron chi connectivity index (χ4n) is 1.75. The first-order valence-electron chi connectivity index (χ1n) is 5.52. The van der Waals surface area contributed by atoms with Crippen molar-refractivity contribution in [3.8, 4) is 0 Å². The molecule has 102 valence electrons. The minimum atomic E-state index is -0.972. The zero-order valence-electron chi connectivity index (χ0n) is 10.2. The molecule has 8 heteroatoms. The fraction of sp³-hybridized carbons (Fsp3) is 0.700. The Hall–Kier alpha value is -1.83. The van der Waals surface area contributed by atoms with Crippen LogP contribution < -0.4 is 5.73 Å². The first-order valence-corrected chi connectivity index (χ1v) is 5.52. The highest BCUT2D eigenvalue weighted by Crippen LogP contribution is 2.10. The van der Waals surface area contributed by atoms with Crippen molar-refractivity contribution in [1.29, 1.82) is 0 Å². The van der Waals surface area contributed by atoms with Crippen LogP contribution in [-0.2, 0) is 14.3 Å². The molecule has 0 bridgehead atoms. The molecule has 8 nitrogen and oxygen atoms in total. The molecule has 0 aliphatic carbocycles. The predicted molar refractivity (Wildman–Crippen MR) is 60.8 cm³/mol. The SMILES string of the molecule is CN(CC(N)=O)C(=O)N1CCOC(CC(=O)O)C1. The average molecular weight is 259 g/mol. The van der Waals surface area contributed by atoms with Crippen LogP contribution in [-0.4, -0.2) is 72.2 Å². The lowest BCUT2D eigenvalue weighted by atomic mass is 10.2. The summed E-state index contributed by atoms with van der Waals surface area (Å²) >= 11 is 0. The summed E-state index contributed by atoms with van der Waals surface area (Å²) in [5.41, 5.74) is 5.00. The third-order valence-corrected chi connectivity index (χ3v) is 2.53. The van der Waals surface area contributed by atoms with Gasteiger partial charge in [0, 0.05) is 20.1 Å². The summed E-state index contributed by atoms with van der Waals surface area (Å²) in [6.45, 7) is 0.695. The number of carbonyl (C=O) groups is 3. The summed E-state index contributed by atoms with van der Waals surface area (Å²) in [6.07, 6.45) is -0.661. The molecule has 1 fully saturated rings. The van der Waals surface area contributed by atoms with E-state index in [2.05, 4.69) is 0 Å². The number of urea groups is 1. The molecule has 1 heterocycles. The second kappa shape index (κ2) is 6.20. The van der Waals surface area contributed by atoms with Crippen LogP contribution in [0.25, 0.3) is 0 Å². The van der Waals surface area contributed by atoms with Crippen LogP contribution in [0.3, 0.4) is 0 Å². The van der Waals surface area contributed by atoms with Gasteiger partial charge in [0.25, 0.3) is 0 Å². The molecule has 18 heavy (non-hydrogen) atoms. The highest BCUT2D eigenvalue weighted by atomic mass is 16.5. The van der Waals surface area contributed by atoms with Gasteiger partial charge < -0.3 is 25.4 Å². The largest absolute Gasteiger partial charge is 0.481 e. The lowest BCUT2D eigenvalue weighted by Crippen LogP contribution is -2.51. The van der Waals surface area contributed by atoms with Crippen molar-refractivity contribution in [3.63, 3.8) is 0 Å². The van der Waals surface area contributed by atoms with Gasteiger partial charge in [0.2, 0.25) is 5.91 Å². The molecule has 0 aromatic rings. The Morgan fingerprint density at radius 3 is 2.72 bits per heavy atom. The maximum atomic E-state index is 11.9. The molecule has 0 aromatic carbocycles. The molecule has 1 unspecified atom stereocenters. The fourth-order valence-corrected chi connectivity index (χ4v) is 1.75. The lowest BCUT2D eigenvalue weighted by Gasteiger charge is -2.34. The second-order valence-electron chi connectivity index (χ2n) is 4.14. The second-order valence-corrected chi connectivity index (χ2v) is 4.14. The van der Waals surface area contributed by atoms with Crippen molar-refractivity contribution in [1.82, 2.24) is 9.80 Å². The van der Waals surface area contributed by atoms with Gasteiger partial charge >= 0.3 is 12.0 Å². The Balaban J connectivity index is 2.52. The van der Waals surface area contributed by atoms with E-state index < -0.39 is 18.0 Å². The average Bonchev–Trinajstić information content (AvgIpc) is 2.26. The van der Waals surface area contributed by atoms with Crippen LogP contribution in [0.1, 0.15) is 6.42 Å². The van der Waals surface area contributed by atoms with E-state index in [0.29, 0.717) is 6.54 Å². The summed E-state index contributed by atoms with van der Waals surface area (Å²) < 4.78 is 5.25. The van der Waals surface area contributed by atoms with Gasteiger partial charge in [-0.15, -0.1) is 0 Å². The summed E-state index contributed by atoms with van der Waals surface area (Å²) in [5, 5.41) is 8.66. The van der Waals surface area contributed by atoms with Gasteiger partial charge in [-0.05, 0) is 0 Å². The number of nitrogens with two attached hydrogens (primary N) is 1. The molecule has 1 aliphatic heterocycles. The van der Waals surface area contributed by atoms with Gasteiger partial charge in [0.15, 0.2) is 0 Å². The van der Waals surface area contributed by atoms with Crippen LogP contribution in [0, 0.1) is 0 Å². The number of amides is 3. The first kappa shape index (κ1) is 14.2. The number of hydrogen-bond donors (Lipinski definition) is 2. The summed E-state index contributed by atoms with van der Waals surface area (Å²) in [6, 6.07) is -0.354. The number of rotatable bonds is 4. The molecule has 0 radical (unpaired) electrons. The number of likely N-dealkylation sites (N-methyl/N-ethyl adjacent to an activating group) is 1. The number of carboxylic acid groups (broad SMARTS) is 1. The molecule has 0 aromatic heterocycles. The number of carbonyl (C=O) groups excluding carboxylic acids is 2. The van der Waals surface area contributed by atoms with E-state index in [0.717, 1.165) is 0 Å². The zero-order chi connectivity index (χ0) is 13.7. The number of hydrogen-bond acceptors (Lipinski definition) is 4. The maximum absolute atomic E-state index is 11.9. The summed E-state index contributed by atoms with van der Waals surface area (Å²) in [7, 11) is 1.47. The van der Waals surface area contributed by atoms with Gasteiger partial charge in [-0.3, -0.25) is 9.59 Å². The Morgan fingerprint density at radius 2 is 2.17 bits per heavy atom. The van der Waals surface area contributed by atoms with E-state index in [1.807, 2.05) is 0 Å². The van der Waals surface area contributed by atoms with E-state index in [1.54, 1.807) is 0 Å². The van der Waals surface area contributed by atoms with Crippen LogP contribution >= 0.6 is 0 Å². The van der Waals surface area contributed by atoms with Gasteiger partial charge in [0.1, 0.15) is 6.54 Å². The molecule has 1 atom stereocenters. The standard InChI is InChI=1S/C10H17N3O5/c1-12(6-8(11)14)10(17)13-2-3-18-7(5-13)4-9(15)16/h7H,2-6H2,1H3,(H2,11,14)(H,15,16). The Kier molecular flexibility index (Phi) is 4.90. The van der Waals surface area contributed by atoms with Crippen molar-refractivity contribution in [2.75, 3.05) is 33.3 Å². The summed E-state index contributed by atoms with van der Waals surface area (Å²) in [5.74, 6) is -1.57. The molecule has 1 aliphatic rings. The third kappa shape index (κ3) is 4.21. The highest BCUT2D eigenvalue weighted by Gasteiger charge is 2.27. The quantitative estimate of drug-likeness (QED) is 0.651. The van der Waals surface area contributed by atoms with Crippen LogP contribution in [0.2, 0.25) is 0 Å². The normalized spacial score (nSPS) is 19.4. The third-order valence-electron chi connectivity index (χ3n) is 2.53. The van der Waals surface area contributed by atoms with E-state index in [1.165, 1.54) is 16.8 Å². The molecule has 0 spiro atoms. The Labute approximate surface area is 104 Å². The number of carboxylic acids is 1. The first-order chi connectivity index (χ1) is 8.40. The topological polar surface area (TPSA) is 113 Å². The molecular formula is C10H17N3O5. The van der Waals surface area contributed by atoms with E-state index >= 15 is 0 Å². The maximum Gasteiger partial charge on any atom is 0.320 e. The van der Waals surface area contributed by atoms with Gasteiger partial charge in [-0.25, -0.2) is 4.79 Å². The molecule has 0 saturated carbocycles. The number of aliphatic carboxylic acids is 1. The van der Waals surface area contributed by atoms with Crippen molar-refractivity contribution in [2.45, 2.75) is 12.5 Å². The molecule has 3 amide bonds. The minimum Gasteiger partial charge on any atom is -0.481 e. The van der Waals surface area contributed by atoms with Crippen LogP contribution in [0.5, 0.6) is 0 Å². The van der Waals surface area contributed by atoms with Crippen LogP contribution in [0.4, 0.5) is 4.79 Å². The van der Waals surface area contributed by atoms with Crippen molar-refractivity contribution >= 4 is 17.9 Å². The van der Waals surface area contributed by atoms with E-state index in [-0.39, 0.29) is 32.1 Å². The molecular weight excluding hydrogens is 242 g/mol. The number of primary amides is 1. The molecule has 1 saturated heterocycles. The molecule has 3 N–H and O–H groups in total. The van der Waals surface area contributed by atoms with E-state index in [9.17, 15) is 14.4 Å². The number of nitrogens with zero attached hydrogens (tertiary/aromatic N) is 2. The van der Waals surface area contributed by atoms with Crippen molar-refractivity contribution in [2.24, 2.45) is 5.73 Å². The van der Waals surface area contributed by atoms with Gasteiger partial charge in [-0.2, -0.15) is 0 Å². The lowest BCUT2D eigenvalue weighted by molar-refractivity contribution is -0.141. The minimum absolute atomic E-state index is 0.149. The van der Waals surface area contributed by atoms with Gasteiger partial charge in [0.05, 0.1) is 19.1 Å². The highest BCUT2D eigenvalue weighted by molar-refractivity contribution is 5.82. The predicted octanol–water partition coefficient (Wildman–Crippen LogP) is -1.30. The smallest absolute Gasteiger partial charge is 0.320 e. The Morgan fingerprint density at radius 1 is 1.50 bits per heavy atom. The van der Waals surface area contributed by atoms with Crippen molar-refractivity contribution in [3.05, 3.63) is 0 Å². The van der Waals surface area contributed by atoms with Crippen molar-refractivity contribution < 1.29 is 24.2 Å². The van der Waals surface area contributed by atoms with Gasteiger partial charge in [-0.1, -0.05) is 0 Å². The number of ether oxygens (including phenoxy) is 1. The summed E-state index contributed by atoms with van der Waals surface area (Å²) in [4.78, 5) is 35.8. The number of morpholine rings is 1.